The van der Waals surface area contributed by atoms with Crippen molar-refractivity contribution >= 4 is 0 Å². The first kappa shape index (κ1) is 23.8. The maximum atomic E-state index is 10.8. The maximum absolute atomic E-state index is 10.8. The molecular formula is C30H52O. The molecule has 10 atom stereocenters. The van der Waals surface area contributed by atoms with Gasteiger partial charge in [-0.1, -0.05) is 60.0 Å². The van der Waals surface area contributed by atoms with E-state index in [1.807, 2.05) is 0 Å². The second kappa shape index (κ2) is 9.15. The molecule has 0 aromatic heterocycles. The molecule has 4 aliphatic rings. The van der Waals surface area contributed by atoms with Gasteiger partial charge in [0.15, 0.2) is 0 Å². The van der Waals surface area contributed by atoms with Crippen molar-refractivity contribution in [2.24, 2.45) is 58.2 Å². The number of fused-ring (bicyclic) bond motifs is 5. The minimum absolute atomic E-state index is 0.0935. The molecule has 0 saturated heterocycles. The molecule has 4 saturated carbocycles. The Morgan fingerprint density at radius 3 is 2.26 bits per heavy atom. The minimum atomic E-state index is -0.0935. The van der Waals surface area contributed by atoms with Gasteiger partial charge in [0.2, 0.25) is 0 Å². The molecule has 4 rings (SSSR count). The third kappa shape index (κ3) is 4.08. The van der Waals surface area contributed by atoms with Gasteiger partial charge in [0.25, 0.3) is 0 Å². The van der Waals surface area contributed by atoms with Crippen molar-refractivity contribution in [2.75, 3.05) is 0 Å². The average molecular weight is 429 g/mol. The lowest BCUT2D eigenvalue weighted by Crippen LogP contribution is -2.56. The van der Waals surface area contributed by atoms with E-state index in [0.29, 0.717) is 22.7 Å². The van der Waals surface area contributed by atoms with Crippen molar-refractivity contribution < 1.29 is 5.11 Å². The molecule has 0 aliphatic heterocycles. The molecule has 178 valence electrons. The standard InChI is InChI=1S/C30H52O/c1-7-9-23-26-13-12-22-25-15-14-24(21(4)11-8-10-20(2)3)29(25,5)18-16-27(22)30(26,6)19-17-28(23)31/h7,20-28,31H,1,8-19H2,2-6H3/t21-,22?,23-,24-,25?,26-,27?,28+,29-,30+/m1/s1. The molecule has 0 spiro atoms. The first-order valence-electron chi connectivity index (χ1n) is 14.0. The predicted octanol–water partition coefficient (Wildman–Crippen LogP) is 8.27. The van der Waals surface area contributed by atoms with Crippen LogP contribution >= 0.6 is 0 Å². The minimum Gasteiger partial charge on any atom is -0.393 e. The maximum Gasteiger partial charge on any atom is 0.0574 e. The van der Waals surface area contributed by atoms with Gasteiger partial charge in [-0.3, -0.25) is 0 Å². The van der Waals surface area contributed by atoms with Crippen LogP contribution in [0.5, 0.6) is 0 Å². The summed E-state index contributed by atoms with van der Waals surface area (Å²) < 4.78 is 0. The van der Waals surface area contributed by atoms with Gasteiger partial charge in [0.05, 0.1) is 6.10 Å². The zero-order chi connectivity index (χ0) is 22.4. The fourth-order valence-electron chi connectivity index (χ4n) is 10.0. The number of aliphatic hydroxyl groups excluding tert-OH is 1. The van der Waals surface area contributed by atoms with Crippen molar-refractivity contribution in [1.29, 1.82) is 0 Å². The lowest BCUT2D eigenvalue weighted by atomic mass is 9.43. The van der Waals surface area contributed by atoms with E-state index in [9.17, 15) is 5.11 Å². The Kier molecular flexibility index (Phi) is 7.04. The van der Waals surface area contributed by atoms with Crippen LogP contribution in [0.25, 0.3) is 0 Å². The summed E-state index contributed by atoms with van der Waals surface area (Å²) in [6, 6.07) is 0. The molecule has 31 heavy (non-hydrogen) atoms. The van der Waals surface area contributed by atoms with E-state index in [-0.39, 0.29) is 6.10 Å². The number of rotatable bonds is 7. The normalized spacial score (nSPS) is 48.0. The zero-order valence-electron chi connectivity index (χ0n) is 21.4. The van der Waals surface area contributed by atoms with Crippen LogP contribution < -0.4 is 0 Å². The number of aliphatic hydroxyl groups is 1. The van der Waals surface area contributed by atoms with Crippen LogP contribution in [0.2, 0.25) is 0 Å². The molecule has 0 amide bonds. The Hall–Kier alpha value is -0.300. The van der Waals surface area contributed by atoms with Crippen LogP contribution in [0.1, 0.15) is 112 Å². The summed E-state index contributed by atoms with van der Waals surface area (Å²) in [5.41, 5.74) is 1.05. The van der Waals surface area contributed by atoms with Crippen molar-refractivity contribution in [1.82, 2.24) is 0 Å². The van der Waals surface area contributed by atoms with E-state index in [2.05, 4.69) is 47.3 Å². The van der Waals surface area contributed by atoms with Crippen molar-refractivity contribution in [3.05, 3.63) is 12.7 Å². The quantitative estimate of drug-likeness (QED) is 0.404. The monoisotopic (exact) mass is 428 g/mol. The van der Waals surface area contributed by atoms with Crippen molar-refractivity contribution in [3.63, 3.8) is 0 Å². The van der Waals surface area contributed by atoms with Gasteiger partial charge in [-0.15, -0.1) is 6.58 Å². The summed E-state index contributed by atoms with van der Waals surface area (Å²) in [5, 5.41) is 10.8. The number of allylic oxidation sites excluding steroid dienone is 1. The van der Waals surface area contributed by atoms with Crippen LogP contribution in [0.15, 0.2) is 12.7 Å². The first-order chi connectivity index (χ1) is 14.7. The zero-order valence-corrected chi connectivity index (χ0v) is 21.4. The molecule has 1 N–H and O–H groups in total. The second-order valence-electron chi connectivity index (χ2n) is 13.4. The summed E-state index contributed by atoms with van der Waals surface area (Å²) in [7, 11) is 0. The highest BCUT2D eigenvalue weighted by Gasteiger charge is 2.61. The third-order valence-electron chi connectivity index (χ3n) is 11.6. The molecule has 0 bridgehead atoms. The topological polar surface area (TPSA) is 20.2 Å². The Morgan fingerprint density at radius 2 is 1.55 bits per heavy atom. The fourth-order valence-corrected chi connectivity index (χ4v) is 10.0. The molecule has 4 fully saturated rings. The van der Waals surface area contributed by atoms with Crippen LogP contribution in [0, 0.1) is 58.2 Å². The molecule has 3 unspecified atom stereocenters. The summed E-state index contributed by atoms with van der Waals surface area (Å²) in [5.74, 6) is 6.70. The molecule has 4 aliphatic carbocycles. The highest BCUT2D eigenvalue weighted by atomic mass is 16.3. The fraction of sp³-hybridized carbons (Fsp3) is 0.933. The SMILES string of the molecule is C=CC[C@@H]1[C@H]2CCC3C4CC[C@H]([C@H](C)CCCC(C)C)[C@@]4(C)CCC3[C@@]2(C)CC[C@@H]1O. The summed E-state index contributed by atoms with van der Waals surface area (Å²) >= 11 is 0. The Balaban J connectivity index is 1.49. The summed E-state index contributed by atoms with van der Waals surface area (Å²) in [6.07, 6.45) is 18.2. The van der Waals surface area contributed by atoms with E-state index >= 15 is 0 Å². The molecule has 1 nitrogen and oxygen atoms in total. The highest BCUT2D eigenvalue weighted by Crippen LogP contribution is 2.69. The van der Waals surface area contributed by atoms with Crippen molar-refractivity contribution in [2.45, 2.75) is 118 Å². The van der Waals surface area contributed by atoms with Gasteiger partial charge >= 0.3 is 0 Å². The van der Waals surface area contributed by atoms with Crippen LogP contribution in [-0.4, -0.2) is 11.2 Å². The molecule has 1 heteroatoms. The Labute approximate surface area is 193 Å². The largest absolute Gasteiger partial charge is 0.393 e. The van der Waals surface area contributed by atoms with Crippen LogP contribution in [-0.2, 0) is 0 Å². The van der Waals surface area contributed by atoms with E-state index in [0.717, 1.165) is 48.3 Å². The molecule has 0 radical (unpaired) electrons. The third-order valence-corrected chi connectivity index (χ3v) is 11.6. The molecule has 0 aromatic carbocycles. The predicted molar refractivity (Wildman–Crippen MR) is 133 cm³/mol. The van der Waals surface area contributed by atoms with E-state index in [1.165, 1.54) is 64.2 Å². The van der Waals surface area contributed by atoms with E-state index in [1.54, 1.807) is 0 Å². The average Bonchev–Trinajstić information content (AvgIpc) is 3.07. The van der Waals surface area contributed by atoms with Crippen LogP contribution in [0.4, 0.5) is 0 Å². The number of hydrogen-bond acceptors (Lipinski definition) is 1. The van der Waals surface area contributed by atoms with Gasteiger partial charge in [0.1, 0.15) is 0 Å². The van der Waals surface area contributed by atoms with Gasteiger partial charge in [-0.05, 0) is 116 Å². The smallest absolute Gasteiger partial charge is 0.0574 e. The molecular weight excluding hydrogens is 376 g/mol. The summed E-state index contributed by atoms with van der Waals surface area (Å²) in [4.78, 5) is 0. The van der Waals surface area contributed by atoms with E-state index in [4.69, 9.17) is 0 Å². The lowest BCUT2D eigenvalue weighted by molar-refractivity contribution is -0.152. The molecule has 0 heterocycles. The van der Waals surface area contributed by atoms with Gasteiger partial charge in [0, 0.05) is 0 Å². The summed E-state index contributed by atoms with van der Waals surface area (Å²) in [6.45, 7) is 16.7. The van der Waals surface area contributed by atoms with E-state index < -0.39 is 0 Å². The van der Waals surface area contributed by atoms with Gasteiger partial charge in [-0.2, -0.15) is 0 Å². The molecule has 0 aromatic rings. The highest BCUT2D eigenvalue weighted by molar-refractivity contribution is 5.11. The Bertz CT molecular complexity index is 624. The van der Waals surface area contributed by atoms with Crippen LogP contribution in [0.3, 0.4) is 0 Å². The second-order valence-corrected chi connectivity index (χ2v) is 13.4. The van der Waals surface area contributed by atoms with Crippen molar-refractivity contribution in [3.8, 4) is 0 Å². The lowest BCUT2D eigenvalue weighted by Gasteiger charge is -2.62. The number of hydrogen-bond donors (Lipinski definition) is 1. The first-order valence-corrected chi connectivity index (χ1v) is 14.0. The van der Waals surface area contributed by atoms with Gasteiger partial charge < -0.3 is 5.11 Å². The Morgan fingerprint density at radius 1 is 0.871 bits per heavy atom. The van der Waals surface area contributed by atoms with Gasteiger partial charge in [-0.25, -0.2) is 0 Å².